The van der Waals surface area contributed by atoms with Crippen molar-refractivity contribution in [3.8, 4) is 11.4 Å². The molecule has 0 unspecified atom stereocenters. The van der Waals surface area contributed by atoms with Gasteiger partial charge in [-0.25, -0.2) is 5.43 Å². The van der Waals surface area contributed by atoms with Crippen LogP contribution < -0.4 is 5.43 Å². The Morgan fingerprint density at radius 1 is 1.15 bits per heavy atom. The molecular formula is C14H8N6O6S. The van der Waals surface area contributed by atoms with Crippen LogP contribution in [-0.4, -0.2) is 32.1 Å². The molecule has 1 aromatic carbocycles. The highest BCUT2D eigenvalue weighted by molar-refractivity contribution is 7.16. The van der Waals surface area contributed by atoms with E-state index in [0.717, 1.165) is 11.3 Å². The van der Waals surface area contributed by atoms with E-state index in [1.165, 1.54) is 42.6 Å². The molecule has 13 heteroatoms. The number of carbonyl (C=O) groups excluding carboxylic acids is 1. The predicted molar refractivity (Wildman–Crippen MR) is 92.4 cm³/mol. The molecule has 0 spiro atoms. The van der Waals surface area contributed by atoms with Crippen molar-refractivity contribution in [1.82, 2.24) is 15.6 Å². The Balaban J connectivity index is 1.64. The first-order valence-electron chi connectivity index (χ1n) is 7.10. The van der Waals surface area contributed by atoms with Crippen LogP contribution in [0.3, 0.4) is 0 Å². The van der Waals surface area contributed by atoms with Crippen LogP contribution in [-0.2, 0) is 0 Å². The molecule has 27 heavy (non-hydrogen) atoms. The summed E-state index contributed by atoms with van der Waals surface area (Å²) in [5.41, 5.74) is 2.49. The number of carbonyl (C=O) groups is 1. The van der Waals surface area contributed by atoms with Crippen LogP contribution in [0.15, 0.2) is 46.0 Å². The van der Waals surface area contributed by atoms with Crippen LogP contribution >= 0.6 is 11.3 Å². The Labute approximate surface area is 153 Å². The van der Waals surface area contributed by atoms with Crippen LogP contribution in [0.5, 0.6) is 0 Å². The summed E-state index contributed by atoms with van der Waals surface area (Å²) >= 11 is 0.894. The number of hydrogen-bond acceptors (Lipinski definition) is 10. The average Bonchev–Trinajstić information content (AvgIpc) is 3.31. The molecule has 2 aromatic heterocycles. The fraction of sp³-hybridized carbons (Fsp3) is 0. The maximum absolute atomic E-state index is 11.9. The van der Waals surface area contributed by atoms with Gasteiger partial charge < -0.3 is 4.52 Å². The quantitative estimate of drug-likeness (QED) is 0.381. The van der Waals surface area contributed by atoms with Crippen molar-refractivity contribution in [1.29, 1.82) is 0 Å². The van der Waals surface area contributed by atoms with E-state index in [9.17, 15) is 25.0 Å². The smallest absolute Gasteiger partial charge is 0.328 e. The number of aromatic nitrogens is 2. The Kier molecular flexibility index (Phi) is 4.94. The molecule has 2 heterocycles. The van der Waals surface area contributed by atoms with Gasteiger partial charge in [-0.2, -0.15) is 10.1 Å². The molecule has 0 bridgehead atoms. The molecule has 0 fully saturated rings. The minimum absolute atomic E-state index is 0.0487. The molecule has 3 rings (SSSR count). The van der Waals surface area contributed by atoms with Gasteiger partial charge in [0.05, 0.1) is 20.9 Å². The zero-order valence-electron chi connectivity index (χ0n) is 13.1. The maximum atomic E-state index is 11.9. The predicted octanol–water partition coefficient (Wildman–Crippen LogP) is 2.38. The monoisotopic (exact) mass is 388 g/mol. The van der Waals surface area contributed by atoms with E-state index in [1.807, 2.05) is 0 Å². The second-order valence-corrected chi connectivity index (χ2v) is 5.95. The minimum atomic E-state index is -0.780. The van der Waals surface area contributed by atoms with Gasteiger partial charge in [0.15, 0.2) is 0 Å². The topological polar surface area (TPSA) is 167 Å². The van der Waals surface area contributed by atoms with Crippen molar-refractivity contribution in [3.05, 3.63) is 67.4 Å². The number of nitro benzene ring substituents is 1. The number of non-ortho nitro benzene ring substituents is 1. The average molecular weight is 388 g/mol. The third-order valence-corrected chi connectivity index (χ3v) is 4.08. The summed E-state index contributed by atoms with van der Waals surface area (Å²) in [6, 6.07) is 8.20. The molecule has 0 aliphatic rings. The summed E-state index contributed by atoms with van der Waals surface area (Å²) in [6.07, 6.45) is 1.24. The lowest BCUT2D eigenvalue weighted by Crippen LogP contribution is -2.17. The summed E-state index contributed by atoms with van der Waals surface area (Å²) in [6.45, 7) is 0. The van der Waals surface area contributed by atoms with Crippen molar-refractivity contribution in [2.75, 3.05) is 0 Å². The number of rotatable bonds is 6. The number of hydrazone groups is 1. The third kappa shape index (κ3) is 4.16. The van der Waals surface area contributed by atoms with Gasteiger partial charge >= 0.3 is 16.8 Å². The molecule has 0 atom stereocenters. The SMILES string of the molecule is O=C(N/N=C/c1ccc([N+](=O)[O-])s1)c1nc(-c2ccc([N+](=O)[O-])cc2)no1. The highest BCUT2D eigenvalue weighted by atomic mass is 32.1. The molecule has 1 amide bonds. The largest absolute Gasteiger partial charge is 0.329 e. The number of nitro groups is 2. The highest BCUT2D eigenvalue weighted by Gasteiger charge is 2.16. The first-order chi connectivity index (χ1) is 12.9. The molecule has 12 nitrogen and oxygen atoms in total. The first kappa shape index (κ1) is 17.8. The molecular weight excluding hydrogens is 380 g/mol. The number of hydrogen-bond donors (Lipinski definition) is 1. The fourth-order valence-electron chi connectivity index (χ4n) is 1.88. The summed E-state index contributed by atoms with van der Waals surface area (Å²) in [4.78, 5) is 36.4. The summed E-state index contributed by atoms with van der Waals surface area (Å²) < 4.78 is 4.83. The normalized spacial score (nSPS) is 10.8. The first-order valence-corrected chi connectivity index (χ1v) is 7.92. The van der Waals surface area contributed by atoms with Gasteiger partial charge in [-0.1, -0.05) is 16.5 Å². The second-order valence-electron chi connectivity index (χ2n) is 4.86. The molecule has 0 radical (unpaired) electrons. The summed E-state index contributed by atoms with van der Waals surface area (Å²) in [5.74, 6) is -1.07. The van der Waals surface area contributed by atoms with E-state index >= 15 is 0 Å². The molecule has 0 aliphatic heterocycles. The molecule has 0 aliphatic carbocycles. The standard InChI is InChI=1S/C14H8N6O6S/c21-13(17-15-7-10-5-6-11(27-10)20(24)25)14-16-12(18-26-14)8-1-3-9(4-2-8)19(22)23/h1-7H,(H,17,21)/b15-7+. The fourth-order valence-corrected chi connectivity index (χ4v) is 2.57. The molecule has 0 saturated heterocycles. The van der Waals surface area contributed by atoms with E-state index < -0.39 is 15.8 Å². The van der Waals surface area contributed by atoms with Gasteiger partial charge in [0.2, 0.25) is 5.82 Å². The number of thiophene rings is 1. The van der Waals surface area contributed by atoms with Gasteiger partial charge in [0.25, 0.3) is 5.69 Å². The van der Waals surface area contributed by atoms with E-state index in [4.69, 9.17) is 4.52 Å². The van der Waals surface area contributed by atoms with Gasteiger partial charge in [-0.05, 0) is 18.2 Å². The van der Waals surface area contributed by atoms with Crippen molar-refractivity contribution < 1.29 is 19.2 Å². The molecule has 3 aromatic rings. The third-order valence-electron chi connectivity index (χ3n) is 3.11. The van der Waals surface area contributed by atoms with Crippen molar-refractivity contribution in [3.63, 3.8) is 0 Å². The lowest BCUT2D eigenvalue weighted by Gasteiger charge is -1.94. The van der Waals surface area contributed by atoms with Crippen molar-refractivity contribution >= 4 is 34.1 Å². The van der Waals surface area contributed by atoms with Crippen molar-refractivity contribution in [2.24, 2.45) is 5.10 Å². The minimum Gasteiger partial charge on any atom is -0.328 e. The lowest BCUT2D eigenvalue weighted by molar-refractivity contribution is -0.384. The van der Waals surface area contributed by atoms with Gasteiger partial charge in [0.1, 0.15) is 0 Å². The van der Waals surface area contributed by atoms with E-state index in [2.05, 4.69) is 20.7 Å². The van der Waals surface area contributed by atoms with Crippen LogP contribution in [0, 0.1) is 20.2 Å². The van der Waals surface area contributed by atoms with Gasteiger partial charge in [0, 0.05) is 23.8 Å². The van der Waals surface area contributed by atoms with Crippen LogP contribution in [0.2, 0.25) is 0 Å². The number of benzene rings is 1. The number of amides is 1. The van der Waals surface area contributed by atoms with Gasteiger partial charge in [-0.3, -0.25) is 25.0 Å². The van der Waals surface area contributed by atoms with E-state index in [0.29, 0.717) is 10.4 Å². The number of nitrogens with zero attached hydrogens (tertiary/aromatic N) is 5. The van der Waals surface area contributed by atoms with Crippen LogP contribution in [0.25, 0.3) is 11.4 Å². The van der Waals surface area contributed by atoms with E-state index in [1.54, 1.807) is 0 Å². The molecule has 1 N–H and O–H groups in total. The van der Waals surface area contributed by atoms with Crippen LogP contribution in [0.4, 0.5) is 10.7 Å². The number of nitrogens with one attached hydrogen (secondary N) is 1. The molecule has 136 valence electrons. The Morgan fingerprint density at radius 3 is 2.52 bits per heavy atom. The zero-order valence-corrected chi connectivity index (χ0v) is 14.0. The van der Waals surface area contributed by atoms with Gasteiger partial charge in [-0.15, -0.1) is 0 Å². The van der Waals surface area contributed by atoms with E-state index in [-0.39, 0.29) is 22.4 Å². The maximum Gasteiger partial charge on any atom is 0.329 e. The zero-order chi connectivity index (χ0) is 19.4. The van der Waals surface area contributed by atoms with Crippen LogP contribution in [0.1, 0.15) is 15.6 Å². The Bertz CT molecular complexity index is 1040. The highest BCUT2D eigenvalue weighted by Crippen LogP contribution is 2.22. The lowest BCUT2D eigenvalue weighted by atomic mass is 10.2. The molecule has 0 saturated carbocycles. The summed E-state index contributed by atoms with van der Waals surface area (Å²) in [7, 11) is 0. The Hall–Kier alpha value is -4.00. The second kappa shape index (κ2) is 7.49. The summed E-state index contributed by atoms with van der Waals surface area (Å²) in [5, 5.41) is 28.5. The van der Waals surface area contributed by atoms with Crippen molar-refractivity contribution in [2.45, 2.75) is 0 Å². The Morgan fingerprint density at radius 2 is 1.89 bits per heavy atom.